The Labute approximate surface area is 105 Å². The maximum absolute atomic E-state index is 11.9. The topological polar surface area (TPSA) is 72.2 Å². The number of aromatic nitrogens is 1. The predicted octanol–water partition coefficient (Wildman–Crippen LogP) is 1.66. The average molecular weight is 266 g/mol. The molecule has 0 unspecified atom stereocenters. The van der Waals surface area contributed by atoms with Crippen molar-refractivity contribution in [3.63, 3.8) is 0 Å². The molecule has 2 aromatic rings. The van der Waals surface area contributed by atoms with Crippen molar-refractivity contribution in [2.45, 2.75) is 18.6 Å². The van der Waals surface area contributed by atoms with Gasteiger partial charge in [0.1, 0.15) is 11.4 Å². The van der Waals surface area contributed by atoms with Crippen LogP contribution in [-0.4, -0.2) is 20.1 Å². The third kappa shape index (κ3) is 2.54. The van der Waals surface area contributed by atoms with Crippen LogP contribution in [0.15, 0.2) is 28.8 Å². The molecule has 0 amide bonds. The summed E-state index contributed by atoms with van der Waals surface area (Å²) in [7, 11) is -3.32. The molecule has 0 aliphatic heterocycles. The molecule has 1 aliphatic carbocycles. The quantitative estimate of drug-likeness (QED) is 0.893. The van der Waals surface area contributed by atoms with Crippen LogP contribution in [-0.2, 0) is 15.8 Å². The Balaban J connectivity index is 1.78. The van der Waals surface area contributed by atoms with E-state index >= 15 is 0 Å². The van der Waals surface area contributed by atoms with E-state index in [0.717, 1.165) is 18.2 Å². The lowest BCUT2D eigenvalue weighted by atomic mass is 10.2. The number of nitrogens with zero attached hydrogens (tertiary/aromatic N) is 1. The Bertz CT molecular complexity index is 659. The Hall–Kier alpha value is -1.40. The molecular weight excluding hydrogens is 252 g/mol. The number of benzene rings is 1. The molecule has 1 heterocycles. The van der Waals surface area contributed by atoms with E-state index in [0.29, 0.717) is 23.7 Å². The van der Waals surface area contributed by atoms with Gasteiger partial charge in [-0.05, 0) is 30.9 Å². The number of hydrogen-bond donors (Lipinski definition) is 1. The molecule has 0 bridgehead atoms. The zero-order chi connectivity index (χ0) is 12.6. The fourth-order valence-corrected chi connectivity index (χ4v) is 3.00. The van der Waals surface area contributed by atoms with Gasteiger partial charge in [0.25, 0.3) is 0 Å². The first-order chi connectivity index (χ1) is 8.64. The van der Waals surface area contributed by atoms with Crippen LogP contribution < -0.4 is 4.72 Å². The van der Waals surface area contributed by atoms with Gasteiger partial charge in [-0.2, -0.15) is 0 Å². The number of nitrogens with one attached hydrogen (secondary N) is 1. The van der Waals surface area contributed by atoms with Crippen LogP contribution >= 0.6 is 0 Å². The summed E-state index contributed by atoms with van der Waals surface area (Å²) in [5, 5.41) is 4.59. The molecular formula is C12H14N2O3S. The lowest BCUT2D eigenvalue weighted by molar-refractivity contribution is 0.448. The van der Waals surface area contributed by atoms with Crippen molar-refractivity contribution in [3.05, 3.63) is 30.0 Å². The van der Waals surface area contributed by atoms with Gasteiger partial charge >= 0.3 is 0 Å². The minimum atomic E-state index is -3.32. The Morgan fingerprint density at radius 1 is 1.33 bits per heavy atom. The molecule has 1 fully saturated rings. The van der Waals surface area contributed by atoms with Gasteiger partial charge in [0.2, 0.25) is 10.0 Å². The number of sulfonamides is 1. The van der Waals surface area contributed by atoms with Gasteiger partial charge in [0, 0.05) is 11.9 Å². The molecule has 18 heavy (non-hydrogen) atoms. The lowest BCUT2D eigenvalue weighted by Gasteiger charge is -2.03. The van der Waals surface area contributed by atoms with Crippen molar-refractivity contribution < 1.29 is 12.9 Å². The molecule has 0 spiro atoms. The second kappa shape index (κ2) is 4.37. The van der Waals surface area contributed by atoms with Crippen LogP contribution in [0.2, 0.25) is 0 Å². The third-order valence-electron chi connectivity index (χ3n) is 3.07. The maximum Gasteiger partial charge on any atom is 0.217 e. The minimum absolute atomic E-state index is 0.128. The molecule has 0 saturated heterocycles. The van der Waals surface area contributed by atoms with Crippen LogP contribution in [0.25, 0.3) is 11.0 Å². The van der Waals surface area contributed by atoms with E-state index in [1.165, 1.54) is 0 Å². The zero-order valence-electron chi connectivity index (χ0n) is 9.80. The molecule has 3 rings (SSSR count). The fraction of sp³-hybridized carbons (Fsp3) is 0.417. The van der Waals surface area contributed by atoms with Crippen molar-refractivity contribution in [2.75, 3.05) is 6.54 Å². The van der Waals surface area contributed by atoms with E-state index in [1.54, 1.807) is 6.07 Å². The zero-order valence-corrected chi connectivity index (χ0v) is 10.6. The predicted molar refractivity (Wildman–Crippen MR) is 67.4 cm³/mol. The van der Waals surface area contributed by atoms with Crippen LogP contribution in [0.1, 0.15) is 18.5 Å². The van der Waals surface area contributed by atoms with Crippen molar-refractivity contribution in [1.82, 2.24) is 9.88 Å². The molecule has 1 aliphatic rings. The molecule has 0 radical (unpaired) electrons. The summed E-state index contributed by atoms with van der Waals surface area (Å²) in [4.78, 5) is 0. The van der Waals surface area contributed by atoms with E-state index in [9.17, 15) is 8.42 Å². The van der Waals surface area contributed by atoms with Crippen LogP contribution in [0, 0.1) is 5.92 Å². The van der Waals surface area contributed by atoms with Gasteiger partial charge in [-0.1, -0.05) is 17.3 Å². The highest BCUT2D eigenvalue weighted by atomic mass is 32.2. The highest BCUT2D eigenvalue weighted by Gasteiger charge is 2.24. The second-order valence-corrected chi connectivity index (χ2v) is 6.48. The highest BCUT2D eigenvalue weighted by Crippen LogP contribution is 2.28. The lowest BCUT2D eigenvalue weighted by Crippen LogP contribution is -2.27. The van der Waals surface area contributed by atoms with Crippen LogP contribution in [0.4, 0.5) is 0 Å². The Kier molecular flexibility index (Phi) is 2.83. The monoisotopic (exact) mass is 266 g/mol. The normalized spacial score (nSPS) is 16.2. The van der Waals surface area contributed by atoms with Gasteiger partial charge in [0.15, 0.2) is 5.58 Å². The fourth-order valence-electron chi connectivity index (χ4n) is 1.84. The molecule has 0 atom stereocenters. The summed E-state index contributed by atoms with van der Waals surface area (Å²) in [6.07, 6.45) is 2.24. The van der Waals surface area contributed by atoms with E-state index in [-0.39, 0.29) is 5.75 Å². The third-order valence-corrected chi connectivity index (χ3v) is 4.33. The maximum atomic E-state index is 11.9. The van der Waals surface area contributed by atoms with Crippen molar-refractivity contribution >= 4 is 21.0 Å². The molecule has 96 valence electrons. The average Bonchev–Trinajstić information content (AvgIpc) is 3.10. The Morgan fingerprint density at radius 3 is 2.89 bits per heavy atom. The highest BCUT2D eigenvalue weighted by molar-refractivity contribution is 7.88. The Morgan fingerprint density at radius 2 is 2.11 bits per heavy atom. The number of hydrogen-bond acceptors (Lipinski definition) is 4. The summed E-state index contributed by atoms with van der Waals surface area (Å²) in [6, 6.07) is 7.26. The molecule has 1 aromatic heterocycles. The summed E-state index contributed by atoms with van der Waals surface area (Å²) < 4.78 is 31.5. The van der Waals surface area contributed by atoms with Crippen molar-refractivity contribution in [3.8, 4) is 0 Å². The molecule has 1 saturated carbocycles. The van der Waals surface area contributed by atoms with Gasteiger partial charge in [-0.3, -0.25) is 0 Å². The van der Waals surface area contributed by atoms with Crippen molar-refractivity contribution in [2.24, 2.45) is 5.92 Å². The minimum Gasteiger partial charge on any atom is -0.356 e. The van der Waals surface area contributed by atoms with Gasteiger partial charge in [-0.15, -0.1) is 0 Å². The van der Waals surface area contributed by atoms with E-state index in [2.05, 4.69) is 9.88 Å². The van der Waals surface area contributed by atoms with E-state index in [1.807, 2.05) is 18.2 Å². The van der Waals surface area contributed by atoms with E-state index < -0.39 is 10.0 Å². The SMILES string of the molecule is O=S(=O)(Cc1noc2ccccc12)NCC1CC1. The van der Waals surface area contributed by atoms with Gasteiger partial charge in [-0.25, -0.2) is 13.1 Å². The first-order valence-corrected chi connectivity index (χ1v) is 7.60. The largest absolute Gasteiger partial charge is 0.356 e. The van der Waals surface area contributed by atoms with Gasteiger partial charge < -0.3 is 4.52 Å². The van der Waals surface area contributed by atoms with Crippen LogP contribution in [0.3, 0.4) is 0 Å². The first-order valence-electron chi connectivity index (χ1n) is 5.95. The summed E-state index contributed by atoms with van der Waals surface area (Å²) in [5.41, 5.74) is 1.08. The van der Waals surface area contributed by atoms with Gasteiger partial charge in [0.05, 0.1) is 0 Å². The molecule has 1 N–H and O–H groups in total. The number of rotatable bonds is 5. The molecule has 5 nitrogen and oxygen atoms in total. The summed E-state index contributed by atoms with van der Waals surface area (Å²) in [5.74, 6) is 0.394. The van der Waals surface area contributed by atoms with Crippen LogP contribution in [0.5, 0.6) is 0 Å². The molecule has 6 heteroatoms. The van der Waals surface area contributed by atoms with E-state index in [4.69, 9.17) is 4.52 Å². The molecule has 1 aromatic carbocycles. The summed E-state index contributed by atoms with van der Waals surface area (Å²) in [6.45, 7) is 0.540. The number of para-hydroxylation sites is 1. The van der Waals surface area contributed by atoms with Crippen molar-refractivity contribution in [1.29, 1.82) is 0 Å². The first kappa shape index (κ1) is 11.7. The second-order valence-electron chi connectivity index (χ2n) is 4.68. The number of fused-ring (bicyclic) bond motifs is 1. The smallest absolute Gasteiger partial charge is 0.217 e. The summed E-state index contributed by atoms with van der Waals surface area (Å²) >= 11 is 0. The standard InChI is InChI=1S/C12H14N2O3S/c15-18(16,13-7-9-5-6-9)8-11-10-3-1-2-4-12(10)17-14-11/h1-4,9,13H,5-8H2.